The molecule has 2 aromatic rings. The zero-order chi connectivity index (χ0) is 40.7. The lowest BCUT2D eigenvalue weighted by Gasteiger charge is -2.49. The summed E-state index contributed by atoms with van der Waals surface area (Å²) in [6.45, 7) is 31.6. The summed E-state index contributed by atoms with van der Waals surface area (Å²) >= 11 is 0. The monoisotopic (exact) mass is 787 g/mol. The van der Waals surface area contributed by atoms with Gasteiger partial charge in [-0.15, -0.1) is 0 Å². The van der Waals surface area contributed by atoms with Gasteiger partial charge >= 0.3 is 0 Å². The number of aliphatic hydroxyl groups is 2. The van der Waals surface area contributed by atoms with Crippen LogP contribution in [0.5, 0.6) is 0 Å². The highest BCUT2D eigenvalue weighted by Gasteiger charge is 2.51. The van der Waals surface area contributed by atoms with Crippen LogP contribution in [0.1, 0.15) is 121 Å². The van der Waals surface area contributed by atoms with Crippen molar-refractivity contribution in [1.29, 1.82) is 0 Å². The van der Waals surface area contributed by atoms with E-state index in [1.165, 1.54) is 0 Å². The molecule has 54 heavy (non-hydrogen) atoms. The van der Waals surface area contributed by atoms with Gasteiger partial charge in [0.05, 0.1) is 55.3 Å². The standard InChI is InChI=1S/C21H38N2O3Si.C21H36N2O3Si/c2*1-13(2)27(14(3)4,15(5)6)26-21-16(7)10-19(25-20(21)12-24)17-8-9-23-11-18(17)22/h8-9,11,13-16,19-21,24H,10,12,22H2,1-7H3;8-11,13-16,20-21,24H,12,22H2,1-7H3/t16-,19-,20-,21+;16-,20-,21+/m11/s1. The van der Waals surface area contributed by atoms with E-state index in [2.05, 4.69) is 113 Å². The Balaban J connectivity index is 0.000000290. The maximum atomic E-state index is 10.1. The second-order valence-electron chi connectivity index (χ2n) is 17.6. The molecular weight excluding hydrogens is 713 g/mol. The molecule has 4 heterocycles. The SMILES string of the molecule is CC(C)[Si](O[C@H]1[C@H](C)C=C(c2ccncc2N)O[C@@H]1CO)(C(C)C)C(C)C.CC(C)[Si](O[C@H]1[C@H](C)C[C@H](c2ccncc2N)O[C@@H]1CO)(C(C)C)C(C)C. The predicted octanol–water partition coefficient (Wildman–Crippen LogP) is 9.28. The third-order valence-corrected chi connectivity index (χ3v) is 24.4. The smallest absolute Gasteiger partial charge is 0.200 e. The van der Waals surface area contributed by atoms with E-state index in [-0.39, 0.29) is 49.5 Å². The summed E-state index contributed by atoms with van der Waals surface area (Å²) in [6.07, 6.45) is 8.49. The van der Waals surface area contributed by atoms with Crippen LogP contribution in [0.15, 0.2) is 43.0 Å². The number of anilines is 2. The molecule has 306 valence electrons. The number of nitrogen functional groups attached to an aromatic ring is 2. The summed E-state index contributed by atoms with van der Waals surface area (Å²) < 4.78 is 26.4. The number of rotatable bonds is 14. The molecule has 2 aliphatic rings. The zero-order valence-electron chi connectivity index (χ0n) is 35.7. The van der Waals surface area contributed by atoms with Gasteiger partial charge in [0.15, 0.2) is 0 Å². The third-order valence-electron chi connectivity index (χ3n) is 12.2. The van der Waals surface area contributed by atoms with E-state index in [1.54, 1.807) is 24.8 Å². The normalized spacial score (nSPS) is 25.3. The number of aromatic nitrogens is 2. The van der Waals surface area contributed by atoms with Gasteiger partial charge in [-0.25, -0.2) is 0 Å². The van der Waals surface area contributed by atoms with Crippen LogP contribution in [0.4, 0.5) is 11.4 Å². The Morgan fingerprint density at radius 3 is 1.61 bits per heavy atom. The van der Waals surface area contributed by atoms with Crippen molar-refractivity contribution >= 4 is 33.8 Å². The Morgan fingerprint density at radius 2 is 1.17 bits per heavy atom. The van der Waals surface area contributed by atoms with E-state index in [9.17, 15) is 10.2 Å². The molecule has 10 nitrogen and oxygen atoms in total. The third kappa shape index (κ3) is 9.78. The molecule has 1 saturated heterocycles. The molecule has 0 amide bonds. The Kier molecular flexibility index (Phi) is 16.8. The number of hydrogen-bond acceptors (Lipinski definition) is 10. The van der Waals surface area contributed by atoms with Crippen molar-refractivity contribution in [1.82, 2.24) is 9.97 Å². The molecule has 4 rings (SSSR count). The van der Waals surface area contributed by atoms with Crippen LogP contribution in [0, 0.1) is 11.8 Å². The molecular formula is C42H74N4O6Si2. The lowest BCUT2D eigenvalue weighted by Crippen LogP contribution is -2.56. The van der Waals surface area contributed by atoms with Gasteiger partial charge in [-0.1, -0.05) is 96.9 Å². The van der Waals surface area contributed by atoms with Gasteiger partial charge < -0.3 is 40.0 Å². The number of hydrogen-bond donors (Lipinski definition) is 4. The number of pyridine rings is 2. The molecule has 2 aliphatic heterocycles. The van der Waals surface area contributed by atoms with Gasteiger partial charge in [-0.05, 0) is 63.8 Å². The average Bonchev–Trinajstić information content (AvgIpc) is 3.09. The largest absolute Gasteiger partial charge is 0.485 e. The van der Waals surface area contributed by atoms with Gasteiger partial charge in [0.25, 0.3) is 0 Å². The van der Waals surface area contributed by atoms with Gasteiger partial charge in [0, 0.05) is 29.4 Å². The number of nitrogens with two attached hydrogens (primary N) is 2. The van der Waals surface area contributed by atoms with Gasteiger partial charge in [0.1, 0.15) is 18.0 Å². The summed E-state index contributed by atoms with van der Waals surface area (Å²) in [5.41, 5.74) is 18.1. The van der Waals surface area contributed by atoms with Crippen molar-refractivity contribution in [3.63, 3.8) is 0 Å². The average molecular weight is 787 g/mol. The Bertz CT molecular complexity index is 1440. The number of ether oxygens (including phenoxy) is 2. The Labute approximate surface area is 329 Å². The van der Waals surface area contributed by atoms with Crippen LogP contribution in [0.3, 0.4) is 0 Å². The minimum atomic E-state index is -2.08. The van der Waals surface area contributed by atoms with E-state index >= 15 is 0 Å². The van der Waals surface area contributed by atoms with Gasteiger partial charge in [0.2, 0.25) is 16.6 Å². The highest BCUT2D eigenvalue weighted by Crippen LogP contribution is 2.48. The van der Waals surface area contributed by atoms with Gasteiger partial charge in [-0.3, -0.25) is 9.97 Å². The van der Waals surface area contributed by atoms with Crippen molar-refractivity contribution in [2.75, 3.05) is 24.7 Å². The summed E-state index contributed by atoms with van der Waals surface area (Å²) in [7, 11) is -4.14. The molecule has 0 radical (unpaired) electrons. The highest BCUT2D eigenvalue weighted by atomic mass is 28.4. The van der Waals surface area contributed by atoms with Crippen LogP contribution >= 0.6 is 0 Å². The van der Waals surface area contributed by atoms with E-state index < -0.39 is 22.7 Å². The fraction of sp³-hybridized carbons (Fsp3) is 0.714. The molecule has 7 atom stereocenters. The van der Waals surface area contributed by atoms with Crippen molar-refractivity contribution in [2.45, 2.75) is 167 Å². The van der Waals surface area contributed by atoms with Crippen LogP contribution in [0.2, 0.25) is 33.2 Å². The van der Waals surface area contributed by atoms with E-state index in [4.69, 9.17) is 29.8 Å². The molecule has 0 aromatic carbocycles. The fourth-order valence-corrected chi connectivity index (χ4v) is 21.1. The first-order valence-electron chi connectivity index (χ1n) is 20.3. The summed E-state index contributed by atoms with van der Waals surface area (Å²) in [5, 5.41) is 20.2. The first-order chi connectivity index (χ1) is 25.3. The fourth-order valence-electron chi connectivity index (χ4n) is 9.77. The number of nitrogens with zero attached hydrogens (tertiary/aromatic N) is 2. The maximum Gasteiger partial charge on any atom is 0.200 e. The summed E-state index contributed by atoms with van der Waals surface area (Å²) in [6, 6.07) is 3.76. The van der Waals surface area contributed by atoms with Crippen LogP contribution in [0.25, 0.3) is 5.76 Å². The molecule has 0 unspecified atom stereocenters. The molecule has 12 heteroatoms. The van der Waals surface area contributed by atoms with Crippen molar-refractivity contribution in [3.05, 3.63) is 54.1 Å². The Hall–Kier alpha value is -2.33. The Morgan fingerprint density at radius 1 is 0.704 bits per heavy atom. The van der Waals surface area contributed by atoms with Crippen molar-refractivity contribution < 1.29 is 28.5 Å². The highest BCUT2D eigenvalue weighted by molar-refractivity contribution is 6.78. The van der Waals surface area contributed by atoms with Crippen LogP contribution < -0.4 is 11.5 Å². The molecule has 0 saturated carbocycles. The van der Waals surface area contributed by atoms with E-state index in [1.807, 2.05) is 12.1 Å². The van der Waals surface area contributed by atoms with Crippen molar-refractivity contribution in [2.24, 2.45) is 11.8 Å². The first-order valence-corrected chi connectivity index (χ1v) is 24.6. The molecule has 0 spiro atoms. The minimum Gasteiger partial charge on any atom is -0.485 e. The zero-order valence-corrected chi connectivity index (χ0v) is 37.7. The summed E-state index contributed by atoms with van der Waals surface area (Å²) in [4.78, 5) is 8.11. The second-order valence-corrected chi connectivity index (χ2v) is 28.4. The molecule has 6 N–H and O–H groups in total. The molecule has 0 bridgehead atoms. The molecule has 2 aromatic heterocycles. The topological polar surface area (TPSA) is 155 Å². The molecule has 0 aliphatic carbocycles. The maximum absolute atomic E-state index is 10.1. The lowest BCUT2D eigenvalue weighted by molar-refractivity contribution is -0.153. The number of aliphatic hydroxyl groups excluding tert-OH is 2. The van der Waals surface area contributed by atoms with Crippen molar-refractivity contribution in [3.8, 4) is 0 Å². The second kappa shape index (κ2) is 19.7. The van der Waals surface area contributed by atoms with E-state index in [0.29, 0.717) is 50.4 Å². The van der Waals surface area contributed by atoms with E-state index in [0.717, 1.165) is 17.5 Å². The predicted molar refractivity (Wildman–Crippen MR) is 227 cm³/mol. The quantitative estimate of drug-likeness (QED) is 0.136. The van der Waals surface area contributed by atoms with Gasteiger partial charge in [-0.2, -0.15) is 0 Å². The minimum absolute atomic E-state index is 0.0464. The first kappa shape index (κ1) is 46.1. The molecule has 1 fully saturated rings. The van der Waals surface area contributed by atoms with Crippen LogP contribution in [-0.2, 0) is 18.3 Å². The lowest BCUT2D eigenvalue weighted by atomic mass is 9.88. The summed E-state index contributed by atoms with van der Waals surface area (Å²) in [5.74, 6) is 1.09. The van der Waals surface area contributed by atoms with Crippen LogP contribution in [-0.4, -0.2) is 74.4 Å².